The van der Waals surface area contributed by atoms with Gasteiger partial charge in [-0.05, 0) is 36.2 Å². The average molecular weight is 413 g/mol. The van der Waals surface area contributed by atoms with E-state index in [1.165, 1.54) is 0 Å². The van der Waals surface area contributed by atoms with Gasteiger partial charge in [0.05, 0.1) is 14.2 Å². The van der Waals surface area contributed by atoms with Crippen molar-refractivity contribution in [1.82, 2.24) is 16.0 Å². The largest absolute Gasteiger partial charge is 0.497 e. The highest BCUT2D eigenvalue weighted by molar-refractivity contribution is 5.94. The molecule has 0 aliphatic carbocycles. The number of amides is 1. The number of hydrogen-bond acceptors (Lipinski definition) is 4. The van der Waals surface area contributed by atoms with Crippen LogP contribution in [0, 0.1) is 0 Å². The molecule has 0 aromatic heterocycles. The van der Waals surface area contributed by atoms with Crippen LogP contribution in [0.4, 0.5) is 0 Å². The number of hydrogen-bond donors (Lipinski definition) is 3. The number of ether oxygens (including phenoxy) is 2. The topological polar surface area (TPSA) is 84.0 Å². The van der Waals surface area contributed by atoms with Crippen LogP contribution in [0.5, 0.6) is 11.5 Å². The first kappa shape index (κ1) is 23.1. The fourth-order valence-electron chi connectivity index (χ4n) is 2.84. The molecule has 2 aromatic carbocycles. The highest BCUT2D eigenvalue weighted by Crippen LogP contribution is 2.24. The second-order valence-electron chi connectivity index (χ2n) is 6.76. The quantitative estimate of drug-likeness (QED) is 0.317. The van der Waals surface area contributed by atoms with Crippen molar-refractivity contribution in [2.75, 3.05) is 27.8 Å². The first-order chi connectivity index (χ1) is 14.6. The van der Waals surface area contributed by atoms with Crippen LogP contribution < -0.4 is 25.4 Å². The van der Waals surface area contributed by atoms with Gasteiger partial charge in [0, 0.05) is 43.9 Å². The molecule has 7 heteroatoms. The van der Waals surface area contributed by atoms with Crippen molar-refractivity contribution in [1.29, 1.82) is 0 Å². The smallest absolute Gasteiger partial charge is 0.251 e. The van der Waals surface area contributed by atoms with Gasteiger partial charge < -0.3 is 25.4 Å². The highest BCUT2D eigenvalue weighted by Gasteiger charge is 2.07. The molecule has 3 N–H and O–H groups in total. The zero-order chi connectivity index (χ0) is 21.8. The number of rotatable bonds is 10. The number of aliphatic imine (C=N–C) groups is 1. The predicted octanol–water partition coefficient (Wildman–Crippen LogP) is 3.10. The number of nitrogens with one attached hydrogen (secondary N) is 3. The van der Waals surface area contributed by atoms with Crippen molar-refractivity contribution in [2.45, 2.75) is 32.9 Å². The van der Waals surface area contributed by atoms with E-state index in [0.29, 0.717) is 31.2 Å². The summed E-state index contributed by atoms with van der Waals surface area (Å²) in [6.45, 7) is 3.96. The Labute approximate surface area is 178 Å². The Balaban J connectivity index is 1.86. The molecule has 1 amide bonds. The monoisotopic (exact) mass is 412 g/mol. The van der Waals surface area contributed by atoms with E-state index in [9.17, 15) is 4.79 Å². The van der Waals surface area contributed by atoms with Crippen LogP contribution >= 0.6 is 0 Å². The lowest BCUT2D eigenvalue weighted by molar-refractivity contribution is 0.0953. The molecule has 0 atom stereocenters. The predicted molar refractivity (Wildman–Crippen MR) is 120 cm³/mol. The maximum absolute atomic E-state index is 12.1. The van der Waals surface area contributed by atoms with Crippen molar-refractivity contribution < 1.29 is 14.3 Å². The van der Waals surface area contributed by atoms with Gasteiger partial charge in [0.1, 0.15) is 11.5 Å². The van der Waals surface area contributed by atoms with Crippen molar-refractivity contribution in [2.24, 2.45) is 4.99 Å². The van der Waals surface area contributed by atoms with E-state index in [4.69, 9.17) is 9.47 Å². The molecule has 0 saturated heterocycles. The number of methoxy groups -OCH3 is 2. The Hall–Kier alpha value is -3.22. The summed E-state index contributed by atoms with van der Waals surface area (Å²) in [5.74, 6) is 2.15. The van der Waals surface area contributed by atoms with Gasteiger partial charge in [-0.1, -0.05) is 25.5 Å². The second kappa shape index (κ2) is 12.4. The van der Waals surface area contributed by atoms with Crippen LogP contribution in [0.25, 0.3) is 0 Å². The summed E-state index contributed by atoms with van der Waals surface area (Å²) >= 11 is 0. The number of carbonyl (C=O) groups is 1. The Morgan fingerprint density at radius 2 is 1.70 bits per heavy atom. The zero-order valence-corrected chi connectivity index (χ0v) is 18.2. The normalized spacial score (nSPS) is 11.0. The highest BCUT2D eigenvalue weighted by atomic mass is 16.5. The van der Waals surface area contributed by atoms with E-state index >= 15 is 0 Å². The fourth-order valence-corrected chi connectivity index (χ4v) is 2.84. The van der Waals surface area contributed by atoms with Crippen molar-refractivity contribution in [3.63, 3.8) is 0 Å². The molecule has 7 nitrogen and oxygen atoms in total. The van der Waals surface area contributed by atoms with Gasteiger partial charge in [-0.3, -0.25) is 9.79 Å². The minimum absolute atomic E-state index is 0.0334. The van der Waals surface area contributed by atoms with Crippen molar-refractivity contribution in [3.05, 3.63) is 59.2 Å². The van der Waals surface area contributed by atoms with E-state index in [2.05, 4.69) is 27.9 Å². The minimum atomic E-state index is -0.0334. The fraction of sp³-hybridized carbons (Fsp3) is 0.391. The summed E-state index contributed by atoms with van der Waals surface area (Å²) in [4.78, 5) is 16.3. The van der Waals surface area contributed by atoms with Crippen molar-refractivity contribution in [3.8, 4) is 11.5 Å². The first-order valence-corrected chi connectivity index (χ1v) is 10.1. The number of benzene rings is 2. The third kappa shape index (κ3) is 6.99. The summed E-state index contributed by atoms with van der Waals surface area (Å²) in [7, 11) is 4.99. The third-order valence-electron chi connectivity index (χ3n) is 4.66. The molecule has 0 heterocycles. The van der Waals surface area contributed by atoms with Crippen LogP contribution in [0.1, 0.15) is 41.3 Å². The summed E-state index contributed by atoms with van der Waals surface area (Å²) in [6.07, 6.45) is 2.05. The van der Waals surface area contributed by atoms with Crippen LogP contribution in [-0.2, 0) is 13.1 Å². The van der Waals surface area contributed by atoms with Gasteiger partial charge >= 0.3 is 0 Å². The molecular formula is C23H32N4O3. The van der Waals surface area contributed by atoms with E-state index in [1.54, 1.807) is 21.3 Å². The van der Waals surface area contributed by atoms with E-state index in [1.807, 2.05) is 42.5 Å². The number of carbonyl (C=O) groups excluding carboxylic acids is 1. The number of unbranched alkanes of at least 4 members (excludes halogenated alkanes) is 1. The van der Waals surface area contributed by atoms with E-state index in [-0.39, 0.29) is 5.91 Å². The van der Waals surface area contributed by atoms with Gasteiger partial charge in [-0.15, -0.1) is 0 Å². The molecule has 162 valence electrons. The summed E-state index contributed by atoms with van der Waals surface area (Å²) < 4.78 is 10.7. The molecule has 0 unspecified atom stereocenters. The summed E-state index contributed by atoms with van der Waals surface area (Å²) in [5.41, 5.74) is 2.73. The zero-order valence-electron chi connectivity index (χ0n) is 18.2. The molecule has 30 heavy (non-hydrogen) atoms. The lowest BCUT2D eigenvalue weighted by Gasteiger charge is -2.14. The SMILES string of the molecule is CCCCNC(=O)c1ccc(CNC(=NC)NCc2ccc(OC)cc2OC)cc1. The minimum Gasteiger partial charge on any atom is -0.497 e. The Kier molecular flexibility index (Phi) is 9.51. The van der Waals surface area contributed by atoms with Crippen LogP contribution in [0.2, 0.25) is 0 Å². The molecule has 0 aliphatic heterocycles. The Bertz CT molecular complexity index is 835. The molecular weight excluding hydrogens is 380 g/mol. The molecule has 0 spiro atoms. The molecule has 0 fully saturated rings. The van der Waals surface area contributed by atoms with Crippen molar-refractivity contribution >= 4 is 11.9 Å². The lowest BCUT2D eigenvalue weighted by atomic mass is 10.1. The van der Waals surface area contributed by atoms with Gasteiger partial charge in [0.2, 0.25) is 0 Å². The van der Waals surface area contributed by atoms with Gasteiger partial charge in [-0.25, -0.2) is 0 Å². The standard InChI is InChI=1S/C23H32N4O3/c1-5-6-13-25-22(28)18-9-7-17(8-10-18)15-26-23(24-2)27-16-19-11-12-20(29-3)14-21(19)30-4/h7-12,14H,5-6,13,15-16H2,1-4H3,(H,25,28)(H2,24,26,27). The first-order valence-electron chi connectivity index (χ1n) is 10.1. The maximum atomic E-state index is 12.1. The third-order valence-corrected chi connectivity index (χ3v) is 4.66. The number of guanidine groups is 1. The van der Waals surface area contributed by atoms with Gasteiger partial charge in [0.15, 0.2) is 5.96 Å². The average Bonchev–Trinajstić information content (AvgIpc) is 2.79. The summed E-state index contributed by atoms with van der Waals surface area (Å²) in [6, 6.07) is 13.3. The van der Waals surface area contributed by atoms with Crippen LogP contribution in [-0.4, -0.2) is 39.7 Å². The van der Waals surface area contributed by atoms with Crippen LogP contribution in [0.3, 0.4) is 0 Å². The lowest BCUT2D eigenvalue weighted by Crippen LogP contribution is -2.36. The molecule has 0 aliphatic rings. The Morgan fingerprint density at radius 3 is 2.33 bits per heavy atom. The van der Waals surface area contributed by atoms with E-state index < -0.39 is 0 Å². The molecule has 2 aromatic rings. The van der Waals surface area contributed by atoms with Gasteiger partial charge in [-0.2, -0.15) is 0 Å². The molecule has 0 radical (unpaired) electrons. The summed E-state index contributed by atoms with van der Waals surface area (Å²) in [5, 5.41) is 9.49. The molecule has 0 bridgehead atoms. The molecule has 0 saturated carbocycles. The molecule has 2 rings (SSSR count). The van der Waals surface area contributed by atoms with E-state index in [0.717, 1.165) is 35.5 Å². The second-order valence-corrected chi connectivity index (χ2v) is 6.76. The van der Waals surface area contributed by atoms with Crippen LogP contribution in [0.15, 0.2) is 47.5 Å². The number of nitrogens with zero attached hydrogens (tertiary/aromatic N) is 1. The maximum Gasteiger partial charge on any atom is 0.251 e. The Morgan fingerprint density at radius 1 is 0.967 bits per heavy atom. The van der Waals surface area contributed by atoms with Gasteiger partial charge in [0.25, 0.3) is 5.91 Å².